The van der Waals surface area contributed by atoms with E-state index in [9.17, 15) is 0 Å². The maximum atomic E-state index is 6.07. The van der Waals surface area contributed by atoms with E-state index in [4.69, 9.17) is 11.6 Å². The topological polar surface area (TPSA) is 12.0 Å². The Balaban J connectivity index is 2.77. The molecule has 0 aliphatic heterocycles. The summed E-state index contributed by atoms with van der Waals surface area (Å²) in [7, 11) is 2.02. The molecular formula is C15H24ClN. The van der Waals surface area contributed by atoms with Crippen molar-refractivity contribution in [3.63, 3.8) is 0 Å². The third-order valence-electron chi connectivity index (χ3n) is 3.54. The van der Waals surface area contributed by atoms with Gasteiger partial charge in [-0.05, 0) is 43.0 Å². The molecule has 0 radical (unpaired) electrons. The quantitative estimate of drug-likeness (QED) is 0.756. The molecular weight excluding hydrogens is 230 g/mol. The maximum Gasteiger partial charge on any atom is 0.0408 e. The van der Waals surface area contributed by atoms with Gasteiger partial charge in [0.15, 0.2) is 0 Å². The minimum atomic E-state index is 0.573. The number of hydrogen-bond donors (Lipinski definition) is 1. The van der Waals surface area contributed by atoms with Gasteiger partial charge >= 0.3 is 0 Å². The Morgan fingerprint density at radius 3 is 2.47 bits per heavy atom. The van der Waals surface area contributed by atoms with Gasteiger partial charge in [0.25, 0.3) is 0 Å². The molecule has 96 valence electrons. The molecule has 1 nitrogen and oxygen atoms in total. The Morgan fingerprint density at radius 2 is 1.94 bits per heavy atom. The zero-order chi connectivity index (χ0) is 12.7. The Morgan fingerprint density at radius 1 is 1.24 bits per heavy atom. The molecule has 0 amide bonds. The summed E-state index contributed by atoms with van der Waals surface area (Å²) >= 11 is 6.07. The van der Waals surface area contributed by atoms with E-state index in [1.54, 1.807) is 0 Å². The molecule has 1 unspecified atom stereocenters. The van der Waals surface area contributed by atoms with Gasteiger partial charge in [0.2, 0.25) is 0 Å². The molecule has 0 aliphatic rings. The lowest BCUT2D eigenvalue weighted by molar-refractivity contribution is 0.403. The van der Waals surface area contributed by atoms with E-state index in [2.05, 4.69) is 31.3 Å². The van der Waals surface area contributed by atoms with Gasteiger partial charge < -0.3 is 5.32 Å². The smallest absolute Gasteiger partial charge is 0.0408 e. The molecule has 0 bridgehead atoms. The van der Waals surface area contributed by atoms with Crippen molar-refractivity contribution >= 4 is 11.6 Å². The van der Waals surface area contributed by atoms with Crippen LogP contribution in [0.4, 0.5) is 0 Å². The molecule has 17 heavy (non-hydrogen) atoms. The normalized spacial score (nSPS) is 13.0. The van der Waals surface area contributed by atoms with Crippen LogP contribution in [0.1, 0.15) is 44.6 Å². The van der Waals surface area contributed by atoms with Gasteiger partial charge in [-0.1, -0.05) is 50.4 Å². The van der Waals surface area contributed by atoms with E-state index in [0.29, 0.717) is 5.92 Å². The van der Waals surface area contributed by atoms with Crippen molar-refractivity contribution in [2.45, 2.75) is 39.0 Å². The highest BCUT2D eigenvalue weighted by Crippen LogP contribution is 2.28. The first-order chi connectivity index (χ1) is 8.21. The predicted octanol–water partition coefficient (Wildman–Crippen LogP) is 4.47. The Labute approximate surface area is 111 Å². The van der Waals surface area contributed by atoms with Crippen LogP contribution in [0.25, 0.3) is 0 Å². The molecule has 0 saturated carbocycles. The average Bonchev–Trinajstić information content (AvgIpc) is 2.34. The van der Waals surface area contributed by atoms with E-state index in [0.717, 1.165) is 17.5 Å². The van der Waals surface area contributed by atoms with Crippen LogP contribution in [0.5, 0.6) is 0 Å². The molecule has 1 atom stereocenters. The van der Waals surface area contributed by atoms with Crippen LogP contribution in [-0.2, 0) is 0 Å². The summed E-state index contributed by atoms with van der Waals surface area (Å²) in [5, 5.41) is 4.14. The summed E-state index contributed by atoms with van der Waals surface area (Å²) in [6, 6.07) is 8.29. The van der Waals surface area contributed by atoms with Gasteiger partial charge in [0.05, 0.1) is 0 Å². The largest absolute Gasteiger partial charge is 0.319 e. The van der Waals surface area contributed by atoms with Gasteiger partial charge in [-0.15, -0.1) is 0 Å². The van der Waals surface area contributed by atoms with Gasteiger partial charge in [0.1, 0.15) is 0 Å². The van der Waals surface area contributed by atoms with E-state index in [-0.39, 0.29) is 0 Å². The summed E-state index contributed by atoms with van der Waals surface area (Å²) in [6.45, 7) is 5.59. The molecule has 0 fully saturated rings. The van der Waals surface area contributed by atoms with Gasteiger partial charge in [-0.3, -0.25) is 0 Å². The van der Waals surface area contributed by atoms with Gasteiger partial charge in [0, 0.05) is 11.6 Å². The van der Waals surface area contributed by atoms with Crippen molar-refractivity contribution in [1.29, 1.82) is 0 Å². The van der Waals surface area contributed by atoms with Crippen molar-refractivity contribution in [3.05, 3.63) is 34.9 Å². The van der Waals surface area contributed by atoms with Crippen LogP contribution in [0.2, 0.25) is 5.02 Å². The standard InChI is InChI=1S/C15H24ClN/c1-4-12(5-2)9-14(11-17-3)13-7-6-8-15(16)10-13/h6-8,10,12,14,17H,4-5,9,11H2,1-3H3. The van der Waals surface area contributed by atoms with E-state index in [1.807, 2.05) is 19.2 Å². The maximum absolute atomic E-state index is 6.07. The number of nitrogens with one attached hydrogen (secondary N) is 1. The minimum absolute atomic E-state index is 0.573. The second-order valence-electron chi connectivity index (χ2n) is 4.73. The molecule has 1 aromatic rings. The highest BCUT2D eigenvalue weighted by molar-refractivity contribution is 6.30. The first-order valence-electron chi connectivity index (χ1n) is 6.61. The van der Waals surface area contributed by atoms with Crippen molar-refractivity contribution in [2.75, 3.05) is 13.6 Å². The van der Waals surface area contributed by atoms with Crippen molar-refractivity contribution in [3.8, 4) is 0 Å². The van der Waals surface area contributed by atoms with Crippen LogP contribution in [-0.4, -0.2) is 13.6 Å². The summed E-state index contributed by atoms with van der Waals surface area (Å²) in [5.74, 6) is 1.39. The van der Waals surface area contributed by atoms with Crippen LogP contribution >= 0.6 is 11.6 Å². The van der Waals surface area contributed by atoms with Gasteiger partial charge in [-0.2, -0.15) is 0 Å². The Kier molecular flexibility index (Phi) is 6.61. The van der Waals surface area contributed by atoms with Gasteiger partial charge in [-0.25, -0.2) is 0 Å². The number of hydrogen-bond acceptors (Lipinski definition) is 1. The first kappa shape index (κ1) is 14.5. The van der Waals surface area contributed by atoms with Crippen molar-refractivity contribution in [2.24, 2.45) is 5.92 Å². The summed E-state index contributed by atoms with van der Waals surface area (Å²) in [6.07, 6.45) is 3.77. The molecule has 0 spiro atoms. The second-order valence-corrected chi connectivity index (χ2v) is 5.16. The summed E-state index contributed by atoms with van der Waals surface area (Å²) in [5.41, 5.74) is 1.36. The summed E-state index contributed by atoms with van der Waals surface area (Å²) in [4.78, 5) is 0. The number of halogens is 1. The molecule has 1 aromatic carbocycles. The van der Waals surface area contributed by atoms with Crippen LogP contribution in [0.3, 0.4) is 0 Å². The molecule has 0 aromatic heterocycles. The van der Waals surface area contributed by atoms with E-state index < -0.39 is 0 Å². The monoisotopic (exact) mass is 253 g/mol. The lowest BCUT2D eigenvalue weighted by Gasteiger charge is -2.22. The number of benzene rings is 1. The van der Waals surface area contributed by atoms with Crippen molar-refractivity contribution in [1.82, 2.24) is 5.32 Å². The highest BCUT2D eigenvalue weighted by atomic mass is 35.5. The minimum Gasteiger partial charge on any atom is -0.319 e. The third kappa shape index (κ3) is 4.69. The van der Waals surface area contributed by atoms with Crippen molar-refractivity contribution < 1.29 is 0 Å². The predicted molar refractivity (Wildman–Crippen MR) is 76.8 cm³/mol. The fraction of sp³-hybridized carbons (Fsp3) is 0.600. The van der Waals surface area contributed by atoms with Crippen LogP contribution in [0, 0.1) is 5.92 Å². The molecule has 0 aliphatic carbocycles. The number of rotatable bonds is 7. The molecule has 0 heterocycles. The van der Waals surface area contributed by atoms with Crippen LogP contribution < -0.4 is 5.32 Å². The van der Waals surface area contributed by atoms with E-state index >= 15 is 0 Å². The highest BCUT2D eigenvalue weighted by Gasteiger charge is 2.15. The van der Waals surface area contributed by atoms with Crippen LogP contribution in [0.15, 0.2) is 24.3 Å². The Bertz CT molecular complexity index is 320. The first-order valence-corrected chi connectivity index (χ1v) is 6.99. The Hall–Kier alpha value is -0.530. The number of likely N-dealkylation sites (N-methyl/N-ethyl adjacent to an activating group) is 1. The molecule has 1 rings (SSSR count). The lowest BCUT2D eigenvalue weighted by atomic mass is 9.86. The molecule has 0 saturated heterocycles. The van der Waals surface area contributed by atoms with E-state index in [1.165, 1.54) is 24.8 Å². The zero-order valence-electron chi connectivity index (χ0n) is 11.2. The third-order valence-corrected chi connectivity index (χ3v) is 3.78. The zero-order valence-corrected chi connectivity index (χ0v) is 11.9. The summed E-state index contributed by atoms with van der Waals surface area (Å²) < 4.78 is 0. The fourth-order valence-electron chi connectivity index (χ4n) is 2.37. The molecule has 1 N–H and O–H groups in total. The molecule has 2 heteroatoms. The fourth-order valence-corrected chi connectivity index (χ4v) is 2.57. The average molecular weight is 254 g/mol. The second kappa shape index (κ2) is 7.73. The SMILES string of the molecule is CCC(CC)CC(CNC)c1cccc(Cl)c1. The lowest BCUT2D eigenvalue weighted by Crippen LogP contribution is -2.19.